The van der Waals surface area contributed by atoms with Crippen LogP contribution in [0.4, 0.5) is 0 Å². The molecule has 2 unspecified atom stereocenters. The lowest BCUT2D eigenvalue weighted by Gasteiger charge is -2.24. The summed E-state index contributed by atoms with van der Waals surface area (Å²) in [5.74, 6) is 0.338. The molecule has 6 heteroatoms. The number of carbonyl (C=O) groups is 2. The highest BCUT2D eigenvalue weighted by molar-refractivity contribution is 5.72. The maximum absolute atomic E-state index is 13.0. The van der Waals surface area contributed by atoms with Crippen LogP contribution >= 0.6 is 0 Å². The Labute approximate surface area is 332 Å². The van der Waals surface area contributed by atoms with E-state index in [0.717, 1.165) is 103 Å². The van der Waals surface area contributed by atoms with Gasteiger partial charge in [0.1, 0.15) is 0 Å². The molecule has 6 nitrogen and oxygen atoms in total. The Bertz CT molecular complexity index is 776. The molecule has 316 valence electrons. The van der Waals surface area contributed by atoms with Crippen LogP contribution in [0.1, 0.15) is 227 Å². The molecular weight excluding hydrogens is 657 g/mol. The van der Waals surface area contributed by atoms with Crippen LogP contribution in [0, 0.1) is 11.8 Å². The van der Waals surface area contributed by atoms with Crippen LogP contribution in [-0.4, -0.2) is 75.2 Å². The highest BCUT2D eigenvalue weighted by Gasteiger charge is 2.20. The first-order chi connectivity index (χ1) is 25.9. The van der Waals surface area contributed by atoms with E-state index in [1.165, 1.54) is 122 Å². The summed E-state index contributed by atoms with van der Waals surface area (Å²) in [7, 11) is 4.32. The van der Waals surface area contributed by atoms with Crippen molar-refractivity contribution >= 4 is 11.9 Å². The fourth-order valence-electron chi connectivity index (χ4n) is 7.40. The molecule has 0 rings (SSSR count). The van der Waals surface area contributed by atoms with Gasteiger partial charge in [0.15, 0.2) is 0 Å². The number of nitrogens with zero attached hydrogens (tertiary/aromatic N) is 2. The Kier molecular flexibility index (Phi) is 39.6. The van der Waals surface area contributed by atoms with Crippen LogP contribution in [0.15, 0.2) is 0 Å². The summed E-state index contributed by atoms with van der Waals surface area (Å²) < 4.78 is 11.7. The maximum atomic E-state index is 13.0. The van der Waals surface area contributed by atoms with Crippen molar-refractivity contribution in [2.75, 3.05) is 53.5 Å². The molecule has 0 aliphatic rings. The molecule has 0 saturated carbocycles. The van der Waals surface area contributed by atoms with E-state index in [0.29, 0.717) is 13.2 Å². The van der Waals surface area contributed by atoms with E-state index in [4.69, 9.17) is 9.47 Å². The van der Waals surface area contributed by atoms with E-state index in [-0.39, 0.29) is 23.8 Å². The molecule has 0 radical (unpaired) electrons. The first-order valence-corrected chi connectivity index (χ1v) is 23.6. The second kappa shape index (κ2) is 40.5. The molecule has 0 amide bonds. The highest BCUT2D eigenvalue weighted by Crippen LogP contribution is 2.22. The Morgan fingerprint density at radius 3 is 1.04 bits per heavy atom. The quantitative estimate of drug-likeness (QED) is 0.0457. The minimum absolute atomic E-state index is 0.0653. The fraction of sp³-hybridized carbons (Fsp3) is 0.957. The third-order valence-corrected chi connectivity index (χ3v) is 11.1. The van der Waals surface area contributed by atoms with Crippen molar-refractivity contribution in [2.45, 2.75) is 227 Å². The average molecular weight is 751 g/mol. The van der Waals surface area contributed by atoms with Gasteiger partial charge in [0.25, 0.3) is 0 Å². The largest absolute Gasteiger partial charge is 0.465 e. The topological polar surface area (TPSA) is 59.1 Å². The Hall–Kier alpha value is -1.14. The summed E-state index contributed by atoms with van der Waals surface area (Å²) in [5.41, 5.74) is 0. The molecule has 0 aromatic carbocycles. The molecule has 0 aromatic heterocycles. The molecule has 0 N–H and O–H groups in total. The normalized spacial score (nSPS) is 12.8. The zero-order valence-corrected chi connectivity index (χ0v) is 36.8. The molecule has 2 atom stereocenters. The number of carbonyl (C=O) groups excluding carboxylic acids is 2. The molecule has 0 aliphatic carbocycles. The molecule has 0 aromatic rings. The number of unbranched alkanes of at least 4 members (excludes halogenated alkanes) is 21. The predicted molar refractivity (Wildman–Crippen MR) is 230 cm³/mol. The van der Waals surface area contributed by atoms with Gasteiger partial charge in [-0.3, -0.25) is 9.59 Å². The van der Waals surface area contributed by atoms with Gasteiger partial charge in [-0.05, 0) is 78.6 Å². The number of ether oxygens (including phenoxy) is 2. The van der Waals surface area contributed by atoms with Gasteiger partial charge in [-0.1, -0.05) is 175 Å². The lowest BCUT2D eigenvalue weighted by molar-refractivity contribution is -0.150. The monoisotopic (exact) mass is 751 g/mol. The van der Waals surface area contributed by atoms with Gasteiger partial charge >= 0.3 is 11.9 Å². The molecule has 0 spiro atoms. The van der Waals surface area contributed by atoms with Gasteiger partial charge in [-0.15, -0.1) is 0 Å². The Morgan fingerprint density at radius 2 is 0.679 bits per heavy atom. The smallest absolute Gasteiger partial charge is 0.308 e. The van der Waals surface area contributed by atoms with Crippen LogP contribution in [0.2, 0.25) is 0 Å². The third kappa shape index (κ3) is 35.0. The van der Waals surface area contributed by atoms with Crippen molar-refractivity contribution in [2.24, 2.45) is 11.8 Å². The van der Waals surface area contributed by atoms with Gasteiger partial charge in [-0.2, -0.15) is 0 Å². The van der Waals surface area contributed by atoms with Crippen LogP contribution in [-0.2, 0) is 19.1 Å². The van der Waals surface area contributed by atoms with Gasteiger partial charge in [0.05, 0.1) is 25.0 Å². The number of rotatable bonds is 42. The first-order valence-electron chi connectivity index (χ1n) is 23.6. The van der Waals surface area contributed by atoms with Crippen molar-refractivity contribution in [3.05, 3.63) is 0 Å². The molecule has 0 heterocycles. The van der Waals surface area contributed by atoms with Crippen LogP contribution in [0.25, 0.3) is 0 Å². The summed E-state index contributed by atoms with van der Waals surface area (Å²) in [4.78, 5) is 30.8. The molecule has 0 saturated heterocycles. The van der Waals surface area contributed by atoms with Crippen LogP contribution in [0.5, 0.6) is 0 Å². The predicted octanol–water partition coefficient (Wildman–Crippen LogP) is 13.3. The lowest BCUT2D eigenvalue weighted by atomic mass is 9.94. The van der Waals surface area contributed by atoms with Crippen molar-refractivity contribution in [3.63, 3.8) is 0 Å². The van der Waals surface area contributed by atoms with Gasteiger partial charge < -0.3 is 19.3 Å². The number of likely N-dealkylation sites (N-methyl/N-ethyl adjacent to an activating group) is 1. The fourth-order valence-corrected chi connectivity index (χ4v) is 7.40. The maximum Gasteiger partial charge on any atom is 0.308 e. The van der Waals surface area contributed by atoms with E-state index in [1.54, 1.807) is 0 Å². The number of hydrogen-bond acceptors (Lipinski definition) is 6. The number of esters is 2. The van der Waals surface area contributed by atoms with Crippen molar-refractivity contribution < 1.29 is 19.1 Å². The lowest BCUT2D eigenvalue weighted by Crippen LogP contribution is -2.33. The van der Waals surface area contributed by atoms with Gasteiger partial charge in [0, 0.05) is 13.1 Å². The summed E-state index contributed by atoms with van der Waals surface area (Å²) in [6, 6.07) is 0. The van der Waals surface area contributed by atoms with E-state index in [2.05, 4.69) is 51.6 Å². The summed E-state index contributed by atoms with van der Waals surface area (Å²) in [6.07, 6.45) is 36.7. The zero-order chi connectivity index (χ0) is 39.0. The Morgan fingerprint density at radius 1 is 0.377 bits per heavy atom. The average Bonchev–Trinajstić information content (AvgIpc) is 3.15. The van der Waals surface area contributed by atoms with Crippen molar-refractivity contribution in [3.8, 4) is 0 Å². The van der Waals surface area contributed by atoms with Crippen molar-refractivity contribution in [1.82, 2.24) is 9.80 Å². The summed E-state index contributed by atoms with van der Waals surface area (Å²) in [5, 5.41) is 0. The summed E-state index contributed by atoms with van der Waals surface area (Å²) in [6.45, 7) is 14.6. The molecule has 53 heavy (non-hydrogen) atoms. The van der Waals surface area contributed by atoms with Gasteiger partial charge in [0.2, 0.25) is 0 Å². The first kappa shape index (κ1) is 51.9. The minimum Gasteiger partial charge on any atom is -0.465 e. The second-order valence-corrected chi connectivity index (χ2v) is 16.7. The SMILES string of the molecule is CCCCCCCCC(CCCCCC)C(=O)OCCCCCCN(CCCCCCOC(=O)C(CCCCCC)CCCCCCC)CCN(C)C. The minimum atomic E-state index is 0.0653. The number of hydrogen-bond donors (Lipinski definition) is 0. The second-order valence-electron chi connectivity index (χ2n) is 16.7. The molecule has 0 fully saturated rings. The molecule has 0 aliphatic heterocycles. The summed E-state index contributed by atoms with van der Waals surface area (Å²) >= 11 is 0. The van der Waals surface area contributed by atoms with E-state index in [1.807, 2.05) is 0 Å². The van der Waals surface area contributed by atoms with E-state index in [9.17, 15) is 9.59 Å². The standard InChI is InChI=1S/C47H94N2O4/c1-7-11-15-19-21-29-37-45(35-27-18-14-10-4)47(51)53-43-33-25-23-31-39-49(41-40-48(5)6)38-30-22-24-32-42-52-46(50)44(34-26-17-13-9-3)36-28-20-16-12-8-2/h44-45H,7-43H2,1-6H3. The zero-order valence-electron chi connectivity index (χ0n) is 36.8. The van der Waals surface area contributed by atoms with E-state index >= 15 is 0 Å². The van der Waals surface area contributed by atoms with Crippen molar-refractivity contribution in [1.29, 1.82) is 0 Å². The van der Waals surface area contributed by atoms with Crippen LogP contribution < -0.4 is 0 Å². The molecule has 0 bridgehead atoms. The van der Waals surface area contributed by atoms with E-state index < -0.39 is 0 Å². The third-order valence-electron chi connectivity index (χ3n) is 11.1. The highest BCUT2D eigenvalue weighted by atomic mass is 16.5. The Balaban J connectivity index is 4.36. The van der Waals surface area contributed by atoms with Gasteiger partial charge in [-0.25, -0.2) is 0 Å². The molecular formula is C47H94N2O4. The van der Waals surface area contributed by atoms with Crippen LogP contribution in [0.3, 0.4) is 0 Å².